The van der Waals surface area contributed by atoms with E-state index in [2.05, 4.69) is 6.92 Å². The number of nitrogen functional groups attached to an aromatic ring is 1. The Bertz CT molecular complexity index is 464. The molecule has 0 unspecified atom stereocenters. The fourth-order valence-electron chi connectivity index (χ4n) is 2.15. The highest BCUT2D eigenvalue weighted by Crippen LogP contribution is 2.34. The van der Waals surface area contributed by atoms with Gasteiger partial charge in [0.25, 0.3) is 0 Å². The first kappa shape index (κ1) is 13.9. The summed E-state index contributed by atoms with van der Waals surface area (Å²) < 4.78 is 0. The van der Waals surface area contributed by atoms with Gasteiger partial charge in [-0.05, 0) is 30.9 Å². The Morgan fingerprint density at radius 2 is 2.00 bits per heavy atom. The Kier molecular flexibility index (Phi) is 3.83. The summed E-state index contributed by atoms with van der Waals surface area (Å²) in [7, 11) is 0. The number of benzene rings is 1. The van der Waals surface area contributed by atoms with Gasteiger partial charge in [-0.1, -0.05) is 39.0 Å². The Morgan fingerprint density at radius 1 is 1.37 bits per heavy atom. The van der Waals surface area contributed by atoms with Crippen LogP contribution in [-0.2, 0) is 11.3 Å². The topological polar surface area (TPSA) is 46.3 Å². The highest BCUT2D eigenvalue weighted by atomic mass is 16.2. The van der Waals surface area contributed by atoms with Crippen LogP contribution in [-0.4, -0.2) is 16.8 Å². The quantitative estimate of drug-likeness (QED) is 0.826. The molecular formula is C16H24N2O. The van der Waals surface area contributed by atoms with Crippen LogP contribution in [0.1, 0.15) is 45.6 Å². The first-order chi connectivity index (χ1) is 8.95. The van der Waals surface area contributed by atoms with E-state index in [1.165, 1.54) is 0 Å². The van der Waals surface area contributed by atoms with Crippen LogP contribution in [0.2, 0.25) is 0 Å². The largest absolute Gasteiger partial charge is 0.398 e. The number of hydrogen-bond acceptors (Lipinski definition) is 2. The molecule has 1 aliphatic rings. The molecule has 0 spiro atoms. The molecule has 1 aromatic rings. The summed E-state index contributed by atoms with van der Waals surface area (Å²) in [6.07, 6.45) is 3.11. The normalized spacial score (nSPS) is 15.3. The predicted octanol–water partition coefficient (Wildman–Crippen LogP) is 3.20. The van der Waals surface area contributed by atoms with Gasteiger partial charge in [0.1, 0.15) is 0 Å². The van der Waals surface area contributed by atoms with Crippen LogP contribution in [0, 0.1) is 5.41 Å². The van der Waals surface area contributed by atoms with Crippen LogP contribution in [0.15, 0.2) is 24.3 Å². The number of nitrogens with zero attached hydrogens (tertiary/aromatic N) is 1. The zero-order chi connectivity index (χ0) is 14.0. The third kappa shape index (κ3) is 3.09. The standard InChI is InChI=1S/C16H24N2O/c1-4-16(2,3)15(19)18(13-9-10-13)11-12-7-5-6-8-14(12)17/h5-8,13H,4,9-11,17H2,1-3H3. The van der Waals surface area contributed by atoms with Gasteiger partial charge in [-0.3, -0.25) is 4.79 Å². The van der Waals surface area contributed by atoms with Gasteiger partial charge in [-0.2, -0.15) is 0 Å². The van der Waals surface area contributed by atoms with Gasteiger partial charge < -0.3 is 10.6 Å². The highest BCUT2D eigenvalue weighted by molar-refractivity contribution is 5.82. The molecule has 0 radical (unpaired) electrons. The molecule has 0 atom stereocenters. The van der Waals surface area contributed by atoms with Crippen molar-refractivity contribution in [2.45, 2.75) is 52.6 Å². The van der Waals surface area contributed by atoms with Crippen LogP contribution in [0.25, 0.3) is 0 Å². The molecule has 0 heterocycles. The summed E-state index contributed by atoms with van der Waals surface area (Å²) in [4.78, 5) is 14.7. The smallest absolute Gasteiger partial charge is 0.228 e. The van der Waals surface area contributed by atoms with Crippen molar-refractivity contribution in [3.63, 3.8) is 0 Å². The minimum atomic E-state index is -0.286. The lowest BCUT2D eigenvalue weighted by atomic mass is 9.88. The summed E-state index contributed by atoms with van der Waals surface area (Å²) in [5.41, 5.74) is 7.53. The van der Waals surface area contributed by atoms with Gasteiger partial charge in [0.05, 0.1) is 0 Å². The molecule has 0 saturated heterocycles. The Balaban J connectivity index is 2.18. The summed E-state index contributed by atoms with van der Waals surface area (Å²) in [6.45, 7) is 6.76. The lowest BCUT2D eigenvalue weighted by Gasteiger charge is -2.32. The maximum absolute atomic E-state index is 12.7. The molecule has 0 aliphatic heterocycles. The first-order valence-corrected chi connectivity index (χ1v) is 7.10. The molecule has 2 N–H and O–H groups in total. The van der Waals surface area contributed by atoms with E-state index < -0.39 is 0 Å². The Labute approximate surface area is 115 Å². The molecule has 0 bridgehead atoms. The molecule has 1 amide bonds. The van der Waals surface area contributed by atoms with Crippen LogP contribution >= 0.6 is 0 Å². The van der Waals surface area contributed by atoms with Crippen molar-refractivity contribution in [1.29, 1.82) is 0 Å². The molecule has 0 aromatic heterocycles. The molecule has 19 heavy (non-hydrogen) atoms. The maximum Gasteiger partial charge on any atom is 0.228 e. The van der Waals surface area contributed by atoms with Crippen LogP contribution < -0.4 is 5.73 Å². The van der Waals surface area contributed by atoms with Crippen molar-refractivity contribution in [2.24, 2.45) is 5.41 Å². The van der Waals surface area contributed by atoms with Gasteiger partial charge in [0.2, 0.25) is 5.91 Å². The van der Waals surface area contributed by atoms with Crippen molar-refractivity contribution >= 4 is 11.6 Å². The Hall–Kier alpha value is -1.51. The van der Waals surface area contributed by atoms with E-state index in [-0.39, 0.29) is 11.3 Å². The van der Waals surface area contributed by atoms with Crippen molar-refractivity contribution < 1.29 is 4.79 Å². The molecular weight excluding hydrogens is 236 g/mol. The van der Waals surface area contributed by atoms with Crippen LogP contribution in [0.5, 0.6) is 0 Å². The SMILES string of the molecule is CCC(C)(C)C(=O)N(Cc1ccccc1N)C1CC1. The van der Waals surface area contributed by atoms with Crippen molar-refractivity contribution in [1.82, 2.24) is 4.90 Å². The number of amides is 1. The van der Waals surface area contributed by atoms with Crippen molar-refractivity contribution in [2.75, 3.05) is 5.73 Å². The van der Waals surface area contributed by atoms with E-state index in [4.69, 9.17) is 5.73 Å². The van der Waals surface area contributed by atoms with E-state index in [0.29, 0.717) is 12.6 Å². The molecule has 1 aliphatic carbocycles. The molecule has 1 saturated carbocycles. The number of carbonyl (C=O) groups excluding carboxylic acids is 1. The lowest BCUT2D eigenvalue weighted by molar-refractivity contribution is -0.141. The van der Waals surface area contributed by atoms with Gasteiger partial charge in [0, 0.05) is 23.7 Å². The molecule has 3 heteroatoms. The van der Waals surface area contributed by atoms with Crippen molar-refractivity contribution in [3.8, 4) is 0 Å². The minimum Gasteiger partial charge on any atom is -0.398 e. The monoisotopic (exact) mass is 260 g/mol. The number of nitrogens with two attached hydrogens (primary N) is 1. The van der Waals surface area contributed by atoms with E-state index in [0.717, 1.165) is 30.5 Å². The second-order valence-corrected chi connectivity index (χ2v) is 6.10. The van der Waals surface area contributed by atoms with Gasteiger partial charge in [-0.25, -0.2) is 0 Å². The van der Waals surface area contributed by atoms with Crippen LogP contribution in [0.4, 0.5) is 5.69 Å². The highest BCUT2D eigenvalue weighted by Gasteiger charge is 2.38. The number of anilines is 1. The van der Waals surface area contributed by atoms with Gasteiger partial charge in [0.15, 0.2) is 0 Å². The average molecular weight is 260 g/mol. The van der Waals surface area contributed by atoms with E-state index in [1.807, 2.05) is 43.0 Å². The fourth-order valence-corrected chi connectivity index (χ4v) is 2.15. The van der Waals surface area contributed by atoms with Crippen LogP contribution in [0.3, 0.4) is 0 Å². The zero-order valence-electron chi connectivity index (χ0n) is 12.1. The minimum absolute atomic E-state index is 0.251. The van der Waals surface area contributed by atoms with Crippen molar-refractivity contribution in [3.05, 3.63) is 29.8 Å². The molecule has 3 nitrogen and oxygen atoms in total. The second-order valence-electron chi connectivity index (χ2n) is 6.10. The molecule has 2 rings (SSSR count). The average Bonchev–Trinajstić information content (AvgIpc) is 3.21. The summed E-state index contributed by atoms with van der Waals surface area (Å²) >= 11 is 0. The second kappa shape index (κ2) is 5.24. The number of para-hydroxylation sites is 1. The maximum atomic E-state index is 12.7. The third-order valence-corrected chi connectivity index (χ3v) is 4.11. The summed E-state index contributed by atoms with van der Waals surface area (Å²) in [6, 6.07) is 8.23. The number of carbonyl (C=O) groups is 1. The van der Waals surface area contributed by atoms with E-state index in [1.54, 1.807) is 0 Å². The predicted molar refractivity (Wildman–Crippen MR) is 78.5 cm³/mol. The van der Waals surface area contributed by atoms with Gasteiger partial charge >= 0.3 is 0 Å². The fraction of sp³-hybridized carbons (Fsp3) is 0.562. The first-order valence-electron chi connectivity index (χ1n) is 7.10. The Morgan fingerprint density at radius 3 is 2.53 bits per heavy atom. The van der Waals surface area contributed by atoms with E-state index >= 15 is 0 Å². The summed E-state index contributed by atoms with van der Waals surface area (Å²) in [5, 5.41) is 0. The number of rotatable bonds is 5. The molecule has 104 valence electrons. The molecule has 1 aromatic carbocycles. The van der Waals surface area contributed by atoms with E-state index in [9.17, 15) is 4.79 Å². The summed E-state index contributed by atoms with van der Waals surface area (Å²) in [5.74, 6) is 0.251. The zero-order valence-corrected chi connectivity index (χ0v) is 12.1. The molecule has 1 fully saturated rings. The third-order valence-electron chi connectivity index (χ3n) is 4.11. The number of hydrogen-bond donors (Lipinski definition) is 1. The lowest BCUT2D eigenvalue weighted by Crippen LogP contribution is -2.41. The van der Waals surface area contributed by atoms with Gasteiger partial charge in [-0.15, -0.1) is 0 Å².